The fraction of sp³-hybridized carbons (Fsp3) is 0.556. The van der Waals surface area contributed by atoms with E-state index in [2.05, 4.69) is 13.0 Å². The maximum absolute atomic E-state index is 8.57. The maximum atomic E-state index is 8.57. The van der Waals surface area contributed by atoms with Gasteiger partial charge in [0.05, 0.1) is 0 Å². The highest BCUT2D eigenvalue weighted by Gasteiger charge is 2.13. The molecule has 0 saturated carbocycles. The molecular weight excluding hydrogens is 166 g/mol. The fourth-order valence-corrected chi connectivity index (χ4v) is 1.38. The maximum Gasteiger partial charge on any atom is 0.258 e. The highest BCUT2D eigenvalue weighted by atomic mass is 16.5. The van der Waals surface area contributed by atoms with Gasteiger partial charge in [-0.05, 0) is 0 Å². The first-order chi connectivity index (χ1) is 6.33. The molecule has 0 aliphatic heterocycles. The van der Waals surface area contributed by atoms with Crippen molar-refractivity contribution in [2.24, 2.45) is 0 Å². The normalized spacial score (nSPS) is 9.92. The quantitative estimate of drug-likeness (QED) is 0.632. The summed E-state index contributed by atoms with van der Waals surface area (Å²) in [7, 11) is 1.66. The predicted molar refractivity (Wildman–Crippen MR) is 46.6 cm³/mol. The zero-order valence-corrected chi connectivity index (χ0v) is 8.03. The van der Waals surface area contributed by atoms with Gasteiger partial charge in [0.25, 0.3) is 5.82 Å². The molecule has 4 nitrogen and oxygen atoms in total. The summed E-state index contributed by atoms with van der Waals surface area (Å²) < 4.78 is 8.96. The molecule has 1 rings (SSSR count). The Morgan fingerprint density at radius 3 is 3.00 bits per heavy atom. The summed E-state index contributed by atoms with van der Waals surface area (Å²) in [5, 5.41) is 8.57. The molecule has 0 amide bonds. The van der Waals surface area contributed by atoms with Crippen molar-refractivity contribution in [1.29, 1.82) is 5.26 Å². The van der Waals surface area contributed by atoms with E-state index in [1.54, 1.807) is 7.11 Å². The Bertz CT molecular complexity index is 311. The van der Waals surface area contributed by atoms with Gasteiger partial charge in [-0.1, -0.05) is 6.92 Å². The van der Waals surface area contributed by atoms with Crippen LogP contribution in [0.1, 0.15) is 12.7 Å². The van der Waals surface area contributed by atoms with Gasteiger partial charge in [0.1, 0.15) is 18.5 Å². The van der Waals surface area contributed by atoms with E-state index in [0.29, 0.717) is 13.3 Å². The Morgan fingerprint density at radius 2 is 2.46 bits per heavy atom. The van der Waals surface area contributed by atoms with Gasteiger partial charge in [-0.2, -0.15) is 5.26 Å². The Hall–Kier alpha value is -1.34. The van der Waals surface area contributed by atoms with Crippen LogP contribution in [0.4, 0.5) is 0 Å². The van der Waals surface area contributed by atoms with Gasteiger partial charge >= 0.3 is 0 Å². The lowest BCUT2D eigenvalue weighted by atomic mass is 10.4. The van der Waals surface area contributed by atoms with Gasteiger partial charge in [-0.25, -0.2) is 9.13 Å². The lowest BCUT2D eigenvalue weighted by Gasteiger charge is -1.98. The first kappa shape index (κ1) is 9.75. The van der Waals surface area contributed by atoms with Crippen molar-refractivity contribution in [3.8, 4) is 6.07 Å². The molecule has 0 aliphatic rings. The van der Waals surface area contributed by atoms with E-state index in [0.717, 1.165) is 12.2 Å². The molecule has 0 bridgehead atoms. The highest BCUT2D eigenvalue weighted by molar-refractivity contribution is 4.87. The van der Waals surface area contributed by atoms with Crippen molar-refractivity contribution < 1.29 is 9.30 Å². The summed E-state index contributed by atoms with van der Waals surface area (Å²) >= 11 is 0. The molecule has 4 heteroatoms. The van der Waals surface area contributed by atoms with Crippen LogP contribution in [0.25, 0.3) is 0 Å². The molecule has 13 heavy (non-hydrogen) atoms. The number of nitriles is 1. The SMILES string of the molecule is CCc1n(CC#N)cc[n+]1COC. The second kappa shape index (κ2) is 4.63. The monoisotopic (exact) mass is 180 g/mol. The molecule has 0 aliphatic carbocycles. The first-order valence-corrected chi connectivity index (χ1v) is 4.26. The number of nitrogens with zero attached hydrogens (tertiary/aromatic N) is 3. The van der Waals surface area contributed by atoms with Crippen LogP contribution in [0.5, 0.6) is 0 Å². The number of hydrogen-bond donors (Lipinski definition) is 0. The summed E-state index contributed by atoms with van der Waals surface area (Å²) in [5.41, 5.74) is 0. The van der Waals surface area contributed by atoms with E-state index in [1.807, 2.05) is 21.5 Å². The van der Waals surface area contributed by atoms with E-state index < -0.39 is 0 Å². The van der Waals surface area contributed by atoms with Gasteiger partial charge < -0.3 is 4.74 Å². The second-order valence-electron chi connectivity index (χ2n) is 2.74. The van der Waals surface area contributed by atoms with Crippen molar-refractivity contribution in [1.82, 2.24) is 4.57 Å². The van der Waals surface area contributed by atoms with Crippen molar-refractivity contribution in [2.45, 2.75) is 26.6 Å². The largest absolute Gasteiger partial charge is 0.345 e. The van der Waals surface area contributed by atoms with Crippen molar-refractivity contribution in [2.75, 3.05) is 7.11 Å². The van der Waals surface area contributed by atoms with Crippen LogP contribution in [0.3, 0.4) is 0 Å². The molecule has 0 spiro atoms. The second-order valence-corrected chi connectivity index (χ2v) is 2.74. The summed E-state index contributed by atoms with van der Waals surface area (Å²) in [5.74, 6) is 1.11. The summed E-state index contributed by atoms with van der Waals surface area (Å²) in [6.45, 7) is 3.01. The Labute approximate surface area is 78.0 Å². The van der Waals surface area contributed by atoms with Crippen LogP contribution < -0.4 is 4.57 Å². The average molecular weight is 180 g/mol. The average Bonchev–Trinajstić information content (AvgIpc) is 2.49. The smallest absolute Gasteiger partial charge is 0.258 e. The van der Waals surface area contributed by atoms with Gasteiger partial charge in [-0.3, -0.25) is 0 Å². The lowest BCUT2D eigenvalue weighted by Crippen LogP contribution is -2.37. The lowest BCUT2D eigenvalue weighted by molar-refractivity contribution is -0.737. The number of methoxy groups -OCH3 is 1. The molecule has 0 N–H and O–H groups in total. The predicted octanol–water partition coefficient (Wildman–Crippen LogP) is 0.465. The summed E-state index contributed by atoms with van der Waals surface area (Å²) in [6.07, 6.45) is 4.73. The van der Waals surface area contributed by atoms with Crippen LogP contribution >= 0.6 is 0 Å². The van der Waals surface area contributed by atoms with Crippen LogP contribution in [0, 0.1) is 11.3 Å². The Balaban J connectivity index is 2.90. The van der Waals surface area contributed by atoms with E-state index in [-0.39, 0.29) is 0 Å². The molecule has 1 aromatic heterocycles. The number of rotatable bonds is 4. The Kier molecular flexibility index (Phi) is 3.47. The third-order valence-corrected chi connectivity index (χ3v) is 1.92. The minimum Gasteiger partial charge on any atom is -0.345 e. The number of hydrogen-bond acceptors (Lipinski definition) is 2. The molecule has 1 heterocycles. The Morgan fingerprint density at radius 1 is 1.69 bits per heavy atom. The van der Waals surface area contributed by atoms with Gasteiger partial charge in [-0.15, -0.1) is 0 Å². The molecule has 0 aromatic carbocycles. The molecule has 0 saturated heterocycles. The topological polar surface area (TPSA) is 41.8 Å². The van der Waals surface area contributed by atoms with Crippen LogP contribution in [0.15, 0.2) is 12.4 Å². The third-order valence-electron chi connectivity index (χ3n) is 1.92. The summed E-state index contributed by atoms with van der Waals surface area (Å²) in [4.78, 5) is 0. The van der Waals surface area contributed by atoms with Crippen LogP contribution in [-0.2, 0) is 24.4 Å². The number of ether oxygens (including phenoxy) is 1. The first-order valence-electron chi connectivity index (χ1n) is 4.26. The van der Waals surface area contributed by atoms with Gasteiger partial charge in [0.15, 0.2) is 13.3 Å². The van der Waals surface area contributed by atoms with E-state index in [4.69, 9.17) is 10.00 Å². The van der Waals surface area contributed by atoms with Crippen LogP contribution in [-0.4, -0.2) is 11.7 Å². The molecule has 0 atom stereocenters. The number of imidazole rings is 1. The molecule has 0 radical (unpaired) electrons. The van der Waals surface area contributed by atoms with Crippen molar-refractivity contribution in [3.63, 3.8) is 0 Å². The zero-order chi connectivity index (χ0) is 9.68. The standard InChI is InChI=1S/C9H14N3O/c1-3-9-11(5-4-10)6-7-12(9)8-13-2/h6-7H,3,5,8H2,1-2H3/q+1. The fourth-order valence-electron chi connectivity index (χ4n) is 1.38. The van der Waals surface area contributed by atoms with Gasteiger partial charge in [0.2, 0.25) is 0 Å². The molecule has 0 fully saturated rings. The number of aromatic nitrogens is 2. The molecule has 70 valence electrons. The highest BCUT2D eigenvalue weighted by Crippen LogP contribution is 1.96. The van der Waals surface area contributed by atoms with Gasteiger partial charge in [0, 0.05) is 13.5 Å². The minimum absolute atomic E-state index is 0.403. The summed E-state index contributed by atoms with van der Waals surface area (Å²) in [6, 6.07) is 2.12. The third kappa shape index (κ3) is 2.07. The van der Waals surface area contributed by atoms with Crippen LogP contribution in [0.2, 0.25) is 0 Å². The molecule has 1 aromatic rings. The van der Waals surface area contributed by atoms with Crippen molar-refractivity contribution in [3.05, 3.63) is 18.2 Å². The zero-order valence-electron chi connectivity index (χ0n) is 8.03. The minimum atomic E-state index is 0.403. The van der Waals surface area contributed by atoms with E-state index in [1.165, 1.54) is 0 Å². The molecular formula is C9H14N3O+. The van der Waals surface area contributed by atoms with Crippen molar-refractivity contribution >= 4 is 0 Å². The van der Waals surface area contributed by atoms with E-state index in [9.17, 15) is 0 Å². The van der Waals surface area contributed by atoms with E-state index >= 15 is 0 Å². The molecule has 0 unspecified atom stereocenters.